The van der Waals surface area contributed by atoms with Crippen LogP contribution in [0.3, 0.4) is 0 Å². The maximum atomic E-state index is 12.1. The van der Waals surface area contributed by atoms with Gasteiger partial charge in [-0.3, -0.25) is 4.79 Å². The van der Waals surface area contributed by atoms with Crippen LogP contribution < -0.4 is 0 Å². The molecule has 0 bridgehead atoms. The standard InChI is InChI=1S/C11H14N2O3S/c14-4-2-13(3-5-15)11(16)9-7-10-8(12-9)1-6-17-10/h1,6-7,12,14-15H,2-5H2. The number of rotatable bonds is 5. The number of nitrogens with one attached hydrogen (secondary N) is 1. The molecule has 2 rings (SSSR count). The number of aliphatic hydroxyl groups excluding tert-OH is 2. The topological polar surface area (TPSA) is 76.6 Å². The third kappa shape index (κ3) is 2.49. The second kappa shape index (κ2) is 5.31. The fourth-order valence-electron chi connectivity index (χ4n) is 1.69. The Morgan fingerprint density at radius 2 is 2.06 bits per heavy atom. The number of aliphatic hydroxyl groups is 2. The molecule has 0 atom stereocenters. The Kier molecular flexibility index (Phi) is 3.78. The van der Waals surface area contributed by atoms with E-state index in [2.05, 4.69) is 4.98 Å². The Hall–Kier alpha value is -1.37. The van der Waals surface area contributed by atoms with Crippen molar-refractivity contribution >= 4 is 27.5 Å². The monoisotopic (exact) mass is 254 g/mol. The van der Waals surface area contributed by atoms with Crippen molar-refractivity contribution in [1.29, 1.82) is 0 Å². The van der Waals surface area contributed by atoms with Crippen molar-refractivity contribution in [2.45, 2.75) is 0 Å². The van der Waals surface area contributed by atoms with E-state index < -0.39 is 0 Å². The number of H-pyrrole nitrogens is 1. The van der Waals surface area contributed by atoms with Crippen LogP contribution in [-0.2, 0) is 0 Å². The number of aromatic nitrogens is 1. The predicted molar refractivity (Wildman–Crippen MR) is 66.3 cm³/mol. The molecule has 6 heteroatoms. The maximum absolute atomic E-state index is 12.1. The Morgan fingerprint density at radius 3 is 2.65 bits per heavy atom. The molecule has 0 radical (unpaired) electrons. The van der Waals surface area contributed by atoms with Crippen LogP contribution in [0.1, 0.15) is 10.5 Å². The van der Waals surface area contributed by atoms with Crippen LogP contribution in [0.25, 0.3) is 10.2 Å². The van der Waals surface area contributed by atoms with Gasteiger partial charge in [0.2, 0.25) is 0 Å². The summed E-state index contributed by atoms with van der Waals surface area (Å²) in [6, 6.07) is 3.71. The van der Waals surface area contributed by atoms with Crippen molar-refractivity contribution in [3.05, 3.63) is 23.2 Å². The third-order valence-corrected chi connectivity index (χ3v) is 3.36. The zero-order chi connectivity index (χ0) is 12.3. The van der Waals surface area contributed by atoms with Crippen molar-refractivity contribution in [2.75, 3.05) is 26.3 Å². The van der Waals surface area contributed by atoms with Gasteiger partial charge in [0.1, 0.15) is 5.69 Å². The number of amides is 1. The van der Waals surface area contributed by atoms with E-state index in [1.165, 1.54) is 4.90 Å². The van der Waals surface area contributed by atoms with Gasteiger partial charge in [-0.15, -0.1) is 11.3 Å². The molecule has 0 spiro atoms. The zero-order valence-electron chi connectivity index (χ0n) is 9.22. The molecule has 2 aromatic rings. The Morgan fingerprint density at radius 1 is 1.35 bits per heavy atom. The zero-order valence-corrected chi connectivity index (χ0v) is 10.0. The summed E-state index contributed by atoms with van der Waals surface area (Å²) < 4.78 is 1.03. The number of hydrogen-bond donors (Lipinski definition) is 3. The van der Waals surface area contributed by atoms with Crippen molar-refractivity contribution in [2.24, 2.45) is 0 Å². The largest absolute Gasteiger partial charge is 0.395 e. The summed E-state index contributed by atoms with van der Waals surface area (Å²) in [6.07, 6.45) is 0. The van der Waals surface area contributed by atoms with Gasteiger partial charge in [0, 0.05) is 13.1 Å². The van der Waals surface area contributed by atoms with Gasteiger partial charge in [-0.25, -0.2) is 0 Å². The molecule has 0 fully saturated rings. The predicted octanol–water partition coefficient (Wildman–Crippen LogP) is 0.656. The summed E-state index contributed by atoms with van der Waals surface area (Å²) in [5.74, 6) is -0.198. The molecular formula is C11H14N2O3S. The lowest BCUT2D eigenvalue weighted by molar-refractivity contribution is 0.0680. The van der Waals surface area contributed by atoms with Crippen molar-refractivity contribution in [3.63, 3.8) is 0 Å². The summed E-state index contributed by atoms with van der Waals surface area (Å²) in [4.78, 5) is 16.5. The number of fused-ring (bicyclic) bond motifs is 1. The first kappa shape index (κ1) is 12.1. The first-order valence-electron chi connectivity index (χ1n) is 5.33. The van der Waals surface area contributed by atoms with Crippen molar-refractivity contribution in [3.8, 4) is 0 Å². The lowest BCUT2D eigenvalue weighted by Crippen LogP contribution is -2.36. The van der Waals surface area contributed by atoms with E-state index in [0.29, 0.717) is 5.69 Å². The first-order valence-corrected chi connectivity index (χ1v) is 6.21. The van der Waals surface area contributed by atoms with E-state index in [1.54, 1.807) is 17.4 Å². The van der Waals surface area contributed by atoms with E-state index in [-0.39, 0.29) is 32.2 Å². The number of nitrogens with zero attached hydrogens (tertiary/aromatic N) is 1. The van der Waals surface area contributed by atoms with Crippen LogP contribution in [0, 0.1) is 0 Å². The van der Waals surface area contributed by atoms with Gasteiger partial charge in [0.15, 0.2) is 0 Å². The molecule has 1 amide bonds. The number of aromatic amines is 1. The Labute approximate surface area is 102 Å². The molecule has 0 saturated carbocycles. The summed E-state index contributed by atoms with van der Waals surface area (Å²) >= 11 is 1.56. The fraction of sp³-hybridized carbons (Fsp3) is 0.364. The highest BCUT2D eigenvalue weighted by Gasteiger charge is 2.17. The highest BCUT2D eigenvalue weighted by Crippen LogP contribution is 2.21. The highest BCUT2D eigenvalue weighted by molar-refractivity contribution is 7.17. The summed E-state index contributed by atoms with van der Waals surface area (Å²) in [7, 11) is 0. The molecule has 0 unspecified atom stereocenters. The average molecular weight is 254 g/mol. The molecule has 0 aliphatic rings. The minimum Gasteiger partial charge on any atom is -0.395 e. The highest BCUT2D eigenvalue weighted by atomic mass is 32.1. The molecule has 0 saturated heterocycles. The fourth-order valence-corrected chi connectivity index (χ4v) is 2.47. The van der Waals surface area contributed by atoms with Gasteiger partial charge < -0.3 is 20.1 Å². The molecule has 5 nitrogen and oxygen atoms in total. The van der Waals surface area contributed by atoms with Gasteiger partial charge in [0.05, 0.1) is 23.4 Å². The minimum absolute atomic E-state index is 0.110. The van der Waals surface area contributed by atoms with Crippen LogP contribution in [0.4, 0.5) is 0 Å². The quantitative estimate of drug-likeness (QED) is 0.733. The Bertz CT molecular complexity index is 471. The molecule has 17 heavy (non-hydrogen) atoms. The lowest BCUT2D eigenvalue weighted by Gasteiger charge is -2.19. The summed E-state index contributed by atoms with van der Waals surface area (Å²) in [5, 5.41) is 19.7. The van der Waals surface area contributed by atoms with E-state index >= 15 is 0 Å². The van der Waals surface area contributed by atoms with E-state index in [1.807, 2.05) is 11.4 Å². The average Bonchev–Trinajstić information content (AvgIpc) is 2.87. The minimum atomic E-state index is -0.198. The summed E-state index contributed by atoms with van der Waals surface area (Å²) in [6.45, 7) is 0.236. The van der Waals surface area contributed by atoms with Crippen LogP contribution in [0.15, 0.2) is 17.5 Å². The summed E-state index contributed by atoms with van der Waals surface area (Å²) in [5.41, 5.74) is 1.43. The lowest BCUT2D eigenvalue weighted by atomic mass is 10.3. The first-order chi connectivity index (χ1) is 8.26. The maximum Gasteiger partial charge on any atom is 0.270 e. The van der Waals surface area contributed by atoms with E-state index in [0.717, 1.165) is 10.2 Å². The van der Waals surface area contributed by atoms with Crippen LogP contribution in [-0.4, -0.2) is 52.3 Å². The van der Waals surface area contributed by atoms with Gasteiger partial charge in [-0.1, -0.05) is 0 Å². The Balaban J connectivity index is 2.19. The second-order valence-corrected chi connectivity index (χ2v) is 4.57. The number of carbonyl (C=O) groups is 1. The van der Waals surface area contributed by atoms with Gasteiger partial charge >= 0.3 is 0 Å². The molecule has 92 valence electrons. The molecule has 0 aliphatic carbocycles. The van der Waals surface area contributed by atoms with Gasteiger partial charge in [-0.05, 0) is 17.5 Å². The SMILES string of the molecule is O=C(c1cc2sccc2[nH]1)N(CCO)CCO. The van der Waals surface area contributed by atoms with Gasteiger partial charge in [0.25, 0.3) is 5.91 Å². The van der Waals surface area contributed by atoms with E-state index in [4.69, 9.17) is 10.2 Å². The number of thiophene rings is 1. The third-order valence-electron chi connectivity index (χ3n) is 2.50. The van der Waals surface area contributed by atoms with Crippen LogP contribution >= 0.6 is 11.3 Å². The number of hydrogen-bond acceptors (Lipinski definition) is 4. The van der Waals surface area contributed by atoms with Crippen molar-refractivity contribution < 1.29 is 15.0 Å². The smallest absolute Gasteiger partial charge is 0.270 e. The molecule has 0 aliphatic heterocycles. The van der Waals surface area contributed by atoms with Crippen molar-refractivity contribution in [1.82, 2.24) is 9.88 Å². The van der Waals surface area contributed by atoms with E-state index in [9.17, 15) is 4.79 Å². The van der Waals surface area contributed by atoms with Gasteiger partial charge in [-0.2, -0.15) is 0 Å². The molecule has 2 heterocycles. The van der Waals surface area contributed by atoms with Crippen LogP contribution in [0.2, 0.25) is 0 Å². The second-order valence-electron chi connectivity index (χ2n) is 3.62. The normalized spacial score (nSPS) is 10.9. The molecule has 2 aromatic heterocycles. The number of carbonyl (C=O) groups excluding carboxylic acids is 1. The molecule has 3 N–H and O–H groups in total. The van der Waals surface area contributed by atoms with Crippen LogP contribution in [0.5, 0.6) is 0 Å². The molecular weight excluding hydrogens is 240 g/mol. The molecule has 0 aromatic carbocycles.